The van der Waals surface area contributed by atoms with Gasteiger partial charge < -0.3 is 25.4 Å². The number of aliphatic hydroxyl groups is 3. The van der Waals surface area contributed by atoms with E-state index in [4.69, 9.17) is 4.74 Å². The molecular formula is C20H23N3O5. The number of carbonyl (C=O) groups is 1. The largest absolute Gasteiger partial charge is 0.388 e. The standard InChI is InChI=1S/C20H23N3O5/c1-2-15-17(24)18(25)16(20(27)28-15)21-19(26)12-8-10-14(11-9-12)23-22-13-6-4-3-5-7-13/h3-11,15-18,20,24-25,27H,2H2,1H3,(H,21,26). The van der Waals surface area contributed by atoms with Gasteiger partial charge in [0.2, 0.25) is 0 Å². The Bertz CT molecular complexity index is 812. The fourth-order valence-electron chi connectivity index (χ4n) is 2.96. The van der Waals surface area contributed by atoms with E-state index < -0.39 is 36.6 Å². The summed E-state index contributed by atoms with van der Waals surface area (Å²) in [7, 11) is 0. The number of hydrogen-bond donors (Lipinski definition) is 4. The van der Waals surface area contributed by atoms with Crippen molar-refractivity contribution < 1.29 is 24.9 Å². The molecule has 5 atom stereocenters. The molecule has 0 bridgehead atoms. The third-order valence-electron chi connectivity index (χ3n) is 4.59. The molecule has 0 aromatic heterocycles. The predicted molar refractivity (Wildman–Crippen MR) is 101 cm³/mol. The molecule has 1 fully saturated rings. The van der Waals surface area contributed by atoms with E-state index >= 15 is 0 Å². The van der Waals surface area contributed by atoms with Crippen LogP contribution in [0.3, 0.4) is 0 Å². The molecule has 8 heteroatoms. The highest BCUT2D eigenvalue weighted by Gasteiger charge is 2.43. The number of amides is 1. The summed E-state index contributed by atoms with van der Waals surface area (Å²) in [5.41, 5.74) is 1.60. The molecule has 3 rings (SSSR count). The first-order valence-electron chi connectivity index (χ1n) is 9.07. The summed E-state index contributed by atoms with van der Waals surface area (Å²) in [6, 6.07) is 14.5. The van der Waals surface area contributed by atoms with Crippen LogP contribution in [-0.2, 0) is 4.74 Å². The average Bonchev–Trinajstić information content (AvgIpc) is 2.73. The minimum Gasteiger partial charge on any atom is -0.388 e. The quantitative estimate of drug-likeness (QED) is 0.587. The smallest absolute Gasteiger partial charge is 0.251 e. The Balaban J connectivity index is 1.64. The van der Waals surface area contributed by atoms with Crippen molar-refractivity contribution in [3.8, 4) is 0 Å². The molecule has 2 aromatic carbocycles. The highest BCUT2D eigenvalue weighted by atomic mass is 16.6. The number of benzene rings is 2. The molecule has 1 saturated heterocycles. The lowest BCUT2D eigenvalue weighted by molar-refractivity contribution is -0.246. The first kappa shape index (κ1) is 20.1. The summed E-state index contributed by atoms with van der Waals surface area (Å²) in [6.45, 7) is 1.77. The second kappa shape index (κ2) is 9.03. The second-order valence-corrected chi connectivity index (χ2v) is 6.54. The molecular weight excluding hydrogens is 362 g/mol. The summed E-state index contributed by atoms with van der Waals surface area (Å²) in [6.07, 6.45) is -4.20. The zero-order valence-electron chi connectivity index (χ0n) is 15.3. The lowest BCUT2D eigenvalue weighted by Gasteiger charge is -2.40. The molecule has 0 aliphatic carbocycles. The molecule has 1 aliphatic heterocycles. The van der Waals surface area contributed by atoms with Gasteiger partial charge in [-0.15, -0.1) is 0 Å². The summed E-state index contributed by atoms with van der Waals surface area (Å²) in [4.78, 5) is 12.4. The maximum Gasteiger partial charge on any atom is 0.251 e. The molecule has 0 saturated carbocycles. The van der Waals surface area contributed by atoms with Gasteiger partial charge in [-0.3, -0.25) is 4.79 Å². The van der Waals surface area contributed by atoms with Gasteiger partial charge in [0.15, 0.2) is 6.29 Å². The Kier molecular flexibility index (Phi) is 6.48. The van der Waals surface area contributed by atoms with Crippen molar-refractivity contribution in [2.45, 2.75) is 44.0 Å². The monoisotopic (exact) mass is 385 g/mol. The Hall–Kier alpha value is -2.65. The van der Waals surface area contributed by atoms with Crippen LogP contribution < -0.4 is 5.32 Å². The van der Waals surface area contributed by atoms with Gasteiger partial charge in [0.25, 0.3) is 5.91 Å². The Morgan fingerprint density at radius 1 is 0.964 bits per heavy atom. The molecule has 1 heterocycles. The Morgan fingerprint density at radius 2 is 1.57 bits per heavy atom. The van der Waals surface area contributed by atoms with Gasteiger partial charge in [-0.25, -0.2) is 0 Å². The molecule has 148 valence electrons. The van der Waals surface area contributed by atoms with Crippen molar-refractivity contribution in [1.29, 1.82) is 0 Å². The summed E-state index contributed by atoms with van der Waals surface area (Å²) in [5, 5.41) is 41.0. The van der Waals surface area contributed by atoms with Crippen LogP contribution in [0.4, 0.5) is 11.4 Å². The Morgan fingerprint density at radius 3 is 2.18 bits per heavy atom. The minimum absolute atomic E-state index is 0.310. The van der Waals surface area contributed by atoms with E-state index in [1.165, 1.54) is 0 Å². The zero-order chi connectivity index (χ0) is 20.1. The maximum atomic E-state index is 12.4. The molecule has 1 amide bonds. The van der Waals surface area contributed by atoms with Crippen molar-refractivity contribution in [3.63, 3.8) is 0 Å². The van der Waals surface area contributed by atoms with E-state index in [2.05, 4.69) is 15.5 Å². The zero-order valence-corrected chi connectivity index (χ0v) is 15.3. The number of nitrogens with one attached hydrogen (secondary N) is 1. The fourth-order valence-corrected chi connectivity index (χ4v) is 2.96. The number of carbonyl (C=O) groups excluding carboxylic acids is 1. The highest BCUT2D eigenvalue weighted by molar-refractivity contribution is 5.94. The lowest BCUT2D eigenvalue weighted by atomic mass is 9.95. The van der Waals surface area contributed by atoms with Crippen molar-refractivity contribution in [2.75, 3.05) is 0 Å². The molecule has 2 aromatic rings. The van der Waals surface area contributed by atoms with Crippen molar-refractivity contribution in [2.24, 2.45) is 10.2 Å². The molecule has 0 spiro atoms. The topological polar surface area (TPSA) is 124 Å². The minimum atomic E-state index is -1.41. The van der Waals surface area contributed by atoms with Gasteiger partial charge >= 0.3 is 0 Å². The molecule has 5 unspecified atom stereocenters. The van der Waals surface area contributed by atoms with E-state index in [0.717, 1.165) is 0 Å². The number of aliphatic hydroxyl groups excluding tert-OH is 3. The van der Waals surface area contributed by atoms with Crippen LogP contribution >= 0.6 is 0 Å². The van der Waals surface area contributed by atoms with Crippen LogP contribution in [0.15, 0.2) is 64.8 Å². The molecule has 1 aliphatic rings. The third kappa shape index (κ3) is 4.60. The van der Waals surface area contributed by atoms with Crippen LogP contribution in [0.1, 0.15) is 23.7 Å². The number of rotatable bonds is 5. The van der Waals surface area contributed by atoms with Crippen LogP contribution in [0.2, 0.25) is 0 Å². The second-order valence-electron chi connectivity index (χ2n) is 6.54. The van der Waals surface area contributed by atoms with Gasteiger partial charge in [-0.1, -0.05) is 25.1 Å². The van der Waals surface area contributed by atoms with Gasteiger partial charge in [0.05, 0.1) is 17.5 Å². The van der Waals surface area contributed by atoms with Gasteiger partial charge in [-0.2, -0.15) is 10.2 Å². The van der Waals surface area contributed by atoms with Gasteiger partial charge in [0.1, 0.15) is 18.2 Å². The van der Waals surface area contributed by atoms with E-state index in [1.54, 1.807) is 31.2 Å². The van der Waals surface area contributed by atoms with Crippen LogP contribution in [0.25, 0.3) is 0 Å². The summed E-state index contributed by atoms with van der Waals surface area (Å²) < 4.78 is 5.26. The normalized spacial score (nSPS) is 27.6. The van der Waals surface area contributed by atoms with E-state index in [1.807, 2.05) is 30.3 Å². The maximum absolute atomic E-state index is 12.4. The van der Waals surface area contributed by atoms with E-state index in [0.29, 0.717) is 23.4 Å². The van der Waals surface area contributed by atoms with E-state index in [-0.39, 0.29) is 0 Å². The van der Waals surface area contributed by atoms with E-state index in [9.17, 15) is 20.1 Å². The number of azo groups is 1. The summed E-state index contributed by atoms with van der Waals surface area (Å²) in [5.74, 6) is -0.514. The number of ether oxygens (including phenoxy) is 1. The summed E-state index contributed by atoms with van der Waals surface area (Å²) >= 11 is 0. The first-order chi connectivity index (χ1) is 13.5. The van der Waals surface area contributed by atoms with Gasteiger partial charge in [0, 0.05) is 5.56 Å². The van der Waals surface area contributed by atoms with Gasteiger partial charge in [-0.05, 0) is 42.8 Å². The highest BCUT2D eigenvalue weighted by Crippen LogP contribution is 2.23. The number of nitrogens with zero attached hydrogens (tertiary/aromatic N) is 2. The van der Waals surface area contributed by atoms with Crippen molar-refractivity contribution >= 4 is 17.3 Å². The number of hydrogen-bond acceptors (Lipinski definition) is 7. The average molecular weight is 385 g/mol. The van der Waals surface area contributed by atoms with Crippen LogP contribution in [0, 0.1) is 0 Å². The van der Waals surface area contributed by atoms with Crippen LogP contribution in [-0.4, -0.2) is 51.9 Å². The molecule has 28 heavy (non-hydrogen) atoms. The third-order valence-corrected chi connectivity index (χ3v) is 4.59. The van der Waals surface area contributed by atoms with Crippen molar-refractivity contribution in [1.82, 2.24) is 5.32 Å². The molecule has 4 N–H and O–H groups in total. The van der Waals surface area contributed by atoms with Crippen molar-refractivity contribution in [3.05, 3.63) is 60.2 Å². The Labute approximate surface area is 162 Å². The first-order valence-corrected chi connectivity index (χ1v) is 9.07. The molecule has 0 radical (unpaired) electrons. The predicted octanol–water partition coefficient (Wildman–Crippen LogP) is 2.05. The van der Waals surface area contributed by atoms with Crippen LogP contribution in [0.5, 0.6) is 0 Å². The molecule has 8 nitrogen and oxygen atoms in total. The fraction of sp³-hybridized carbons (Fsp3) is 0.350. The lowest BCUT2D eigenvalue weighted by Crippen LogP contribution is -2.63. The SMILES string of the molecule is CCC1OC(O)C(NC(=O)c2ccc(N=Nc3ccccc3)cc2)C(O)C1O.